The molecule has 0 aromatic carbocycles. The molecule has 1 saturated heterocycles. The highest BCUT2D eigenvalue weighted by atomic mass is 16.8. The van der Waals surface area contributed by atoms with E-state index >= 15 is 0 Å². The molecule has 1 heterocycles. The minimum Gasteiger partial charge on any atom is -0.424 e. The van der Waals surface area contributed by atoms with Crippen LogP contribution in [0, 0.1) is 0 Å². The lowest BCUT2D eigenvalue weighted by atomic mass is 9.88. The van der Waals surface area contributed by atoms with Gasteiger partial charge in [-0.25, -0.2) is 0 Å². The number of hydrogen-bond acceptors (Lipinski definition) is 9. The molecule has 24 heavy (non-hydrogen) atoms. The van der Waals surface area contributed by atoms with E-state index in [1.54, 1.807) is 0 Å². The summed E-state index contributed by atoms with van der Waals surface area (Å²) >= 11 is 0. The summed E-state index contributed by atoms with van der Waals surface area (Å²) in [6.45, 7) is 1.76. The maximum absolute atomic E-state index is 12.0. The number of rotatable bonds is 9. The van der Waals surface area contributed by atoms with E-state index in [0.717, 1.165) is 12.8 Å². The summed E-state index contributed by atoms with van der Waals surface area (Å²) in [5.74, 6) is -5.99. The Morgan fingerprint density at radius 3 is 2.38 bits per heavy atom. The fraction of sp³-hybridized carbons (Fsp3) is 0.933. The van der Waals surface area contributed by atoms with E-state index < -0.39 is 49.1 Å². The van der Waals surface area contributed by atoms with Crippen molar-refractivity contribution in [1.29, 1.82) is 0 Å². The second-order valence-corrected chi connectivity index (χ2v) is 5.75. The number of aliphatic hydroxyl groups is 5. The van der Waals surface area contributed by atoms with Crippen LogP contribution in [0.3, 0.4) is 0 Å². The van der Waals surface area contributed by atoms with Gasteiger partial charge < -0.3 is 39.7 Å². The summed E-state index contributed by atoms with van der Waals surface area (Å²) in [7, 11) is 0. The third-order valence-electron chi connectivity index (χ3n) is 4.01. The maximum Gasteiger partial charge on any atom is 0.308 e. The minimum atomic E-state index is -2.83. The Balaban J connectivity index is 3.08. The Hall–Kier alpha value is -0.810. The van der Waals surface area contributed by atoms with Gasteiger partial charge in [0.1, 0.15) is 18.8 Å². The number of esters is 1. The first-order valence-corrected chi connectivity index (χ1v) is 8.15. The van der Waals surface area contributed by atoms with Gasteiger partial charge in [0.15, 0.2) is 6.10 Å². The molecule has 5 N–H and O–H groups in total. The molecule has 0 aromatic heterocycles. The fourth-order valence-corrected chi connectivity index (χ4v) is 2.65. The van der Waals surface area contributed by atoms with Crippen LogP contribution in [0.4, 0.5) is 0 Å². The predicted molar refractivity (Wildman–Crippen MR) is 80.6 cm³/mol. The Bertz CT molecular complexity index is 404. The third kappa shape index (κ3) is 4.05. The van der Waals surface area contributed by atoms with Crippen molar-refractivity contribution in [2.45, 2.75) is 69.4 Å². The predicted octanol–water partition coefficient (Wildman–Crippen LogP) is -1.36. The lowest BCUT2D eigenvalue weighted by Gasteiger charge is -2.52. The minimum absolute atomic E-state index is 0.0178. The molecule has 9 nitrogen and oxygen atoms in total. The highest BCUT2D eigenvalue weighted by Crippen LogP contribution is 2.40. The topological polar surface area (TPSA) is 146 Å². The number of hydrogen-bond donors (Lipinski definition) is 5. The molecule has 0 aromatic rings. The summed E-state index contributed by atoms with van der Waals surface area (Å²) in [5.41, 5.74) is 0. The van der Waals surface area contributed by atoms with Crippen molar-refractivity contribution in [3.63, 3.8) is 0 Å². The van der Waals surface area contributed by atoms with Crippen LogP contribution in [0.25, 0.3) is 0 Å². The summed E-state index contributed by atoms with van der Waals surface area (Å²) in [4.78, 5) is 12.0. The molecule has 1 aliphatic heterocycles. The van der Waals surface area contributed by atoms with Gasteiger partial charge in [-0.2, -0.15) is 0 Å². The molecule has 0 bridgehead atoms. The van der Waals surface area contributed by atoms with E-state index in [2.05, 4.69) is 0 Å². The lowest BCUT2D eigenvalue weighted by Crippen LogP contribution is -2.76. The van der Waals surface area contributed by atoms with Crippen LogP contribution in [0.5, 0.6) is 0 Å². The molecular weight excluding hydrogens is 324 g/mol. The van der Waals surface area contributed by atoms with Crippen LogP contribution in [0.15, 0.2) is 0 Å². The third-order valence-corrected chi connectivity index (χ3v) is 4.01. The molecule has 1 fully saturated rings. The zero-order valence-electron chi connectivity index (χ0n) is 14.1. The fourth-order valence-electron chi connectivity index (χ4n) is 2.65. The van der Waals surface area contributed by atoms with Crippen molar-refractivity contribution in [1.82, 2.24) is 0 Å². The van der Waals surface area contributed by atoms with E-state index in [4.69, 9.17) is 14.2 Å². The van der Waals surface area contributed by atoms with Gasteiger partial charge in [0.2, 0.25) is 0 Å². The number of carbonyl (C=O) groups excluding carboxylic acids is 1. The van der Waals surface area contributed by atoms with Gasteiger partial charge in [-0.1, -0.05) is 19.8 Å². The van der Waals surface area contributed by atoms with E-state index in [-0.39, 0.29) is 13.0 Å². The van der Waals surface area contributed by atoms with Gasteiger partial charge in [0.25, 0.3) is 11.6 Å². The van der Waals surface area contributed by atoms with Crippen LogP contribution < -0.4 is 0 Å². The van der Waals surface area contributed by atoms with E-state index in [1.165, 1.54) is 6.92 Å². The highest BCUT2D eigenvalue weighted by molar-refractivity contribution is 5.70. The highest BCUT2D eigenvalue weighted by Gasteiger charge is 2.67. The summed E-state index contributed by atoms with van der Waals surface area (Å²) < 4.78 is 15.5. The zero-order chi connectivity index (χ0) is 18.4. The van der Waals surface area contributed by atoms with Crippen molar-refractivity contribution in [3.8, 4) is 0 Å². The van der Waals surface area contributed by atoms with Crippen LogP contribution >= 0.6 is 0 Å². The first kappa shape index (κ1) is 21.2. The number of ether oxygens (including phenoxy) is 3. The number of carbonyl (C=O) groups is 1. The summed E-state index contributed by atoms with van der Waals surface area (Å²) in [6.07, 6.45) is -2.97. The SMILES string of the molecule is CCCCCC(=O)O[C@@]1(O)[C@@H](O)[C@H](O)[C@@H](CO)O[C@]1(CO)OCC. The normalized spacial score (nSPS) is 36.5. The van der Waals surface area contributed by atoms with Gasteiger partial charge in [-0.15, -0.1) is 0 Å². The van der Waals surface area contributed by atoms with Crippen LogP contribution in [-0.4, -0.2) is 81.2 Å². The quantitative estimate of drug-likeness (QED) is 0.193. The van der Waals surface area contributed by atoms with Gasteiger partial charge in [-0.3, -0.25) is 4.79 Å². The number of aliphatic hydroxyl groups excluding tert-OH is 4. The van der Waals surface area contributed by atoms with Crippen molar-refractivity contribution in [2.75, 3.05) is 19.8 Å². The maximum atomic E-state index is 12.0. The molecular formula is C15H28O9. The molecule has 9 heteroatoms. The summed E-state index contributed by atoms with van der Waals surface area (Å²) in [5, 5.41) is 49.9. The summed E-state index contributed by atoms with van der Waals surface area (Å²) in [6, 6.07) is 0. The standard InChI is InChI=1S/C15H28O9/c1-3-5-6-7-11(18)24-15(21)13(20)12(19)10(8-16)23-14(15,9-17)22-4-2/h10,12-13,16-17,19-21H,3-9H2,1-2H3/t10-,12-,13+,14+,15+/m1/s1. The Kier molecular flexibility index (Phi) is 8.00. The van der Waals surface area contributed by atoms with Crippen molar-refractivity contribution in [3.05, 3.63) is 0 Å². The van der Waals surface area contributed by atoms with E-state index in [0.29, 0.717) is 6.42 Å². The molecule has 0 aliphatic carbocycles. The molecule has 142 valence electrons. The first-order valence-electron chi connectivity index (χ1n) is 8.15. The molecule has 0 radical (unpaired) electrons. The van der Waals surface area contributed by atoms with E-state index in [9.17, 15) is 30.3 Å². The average Bonchev–Trinajstić information content (AvgIpc) is 2.56. The van der Waals surface area contributed by atoms with Gasteiger partial charge in [0.05, 0.1) is 6.61 Å². The second kappa shape index (κ2) is 9.04. The molecule has 1 rings (SSSR count). The van der Waals surface area contributed by atoms with E-state index in [1.807, 2.05) is 6.92 Å². The van der Waals surface area contributed by atoms with Crippen LogP contribution in [0.1, 0.15) is 39.5 Å². The lowest BCUT2D eigenvalue weighted by molar-refractivity contribution is -0.461. The zero-order valence-corrected chi connectivity index (χ0v) is 14.1. The Morgan fingerprint density at radius 2 is 1.88 bits per heavy atom. The van der Waals surface area contributed by atoms with Crippen LogP contribution in [-0.2, 0) is 19.0 Å². The number of unbranched alkanes of at least 4 members (excludes halogenated alkanes) is 2. The Labute approximate surface area is 140 Å². The molecule has 1 aliphatic rings. The molecule has 0 amide bonds. The van der Waals surface area contributed by atoms with Gasteiger partial charge in [-0.05, 0) is 13.3 Å². The van der Waals surface area contributed by atoms with Crippen LogP contribution in [0.2, 0.25) is 0 Å². The average molecular weight is 352 g/mol. The second-order valence-electron chi connectivity index (χ2n) is 5.75. The first-order chi connectivity index (χ1) is 11.3. The molecule has 0 spiro atoms. The van der Waals surface area contributed by atoms with Crippen molar-refractivity contribution >= 4 is 5.97 Å². The monoisotopic (exact) mass is 352 g/mol. The van der Waals surface area contributed by atoms with Gasteiger partial charge >= 0.3 is 5.97 Å². The smallest absolute Gasteiger partial charge is 0.308 e. The van der Waals surface area contributed by atoms with Crippen molar-refractivity contribution in [2.24, 2.45) is 0 Å². The van der Waals surface area contributed by atoms with Gasteiger partial charge in [0, 0.05) is 13.0 Å². The molecule has 0 saturated carbocycles. The molecule has 0 unspecified atom stereocenters. The van der Waals surface area contributed by atoms with Crippen molar-refractivity contribution < 1.29 is 44.5 Å². The Morgan fingerprint density at radius 1 is 1.21 bits per heavy atom. The molecule has 5 atom stereocenters. The largest absolute Gasteiger partial charge is 0.424 e.